The van der Waals surface area contributed by atoms with Crippen LogP contribution in [0.3, 0.4) is 0 Å². The lowest BCUT2D eigenvalue weighted by atomic mass is 9.92. The minimum absolute atomic E-state index is 0.582. The van der Waals surface area contributed by atoms with Gasteiger partial charge in [-0.05, 0) is 88.0 Å². The first-order valence-electron chi connectivity index (χ1n) is 23.0. The molecule has 0 saturated heterocycles. The summed E-state index contributed by atoms with van der Waals surface area (Å²) in [5.74, 6) is 1.80. The van der Waals surface area contributed by atoms with Gasteiger partial charge in [0.05, 0.1) is 27.8 Å². The molecule has 3 heterocycles. The second kappa shape index (κ2) is 16.4. The fourth-order valence-electron chi connectivity index (χ4n) is 10.0. The average molecular weight is 868 g/mol. The molecule has 0 aliphatic carbocycles. The molecule has 68 heavy (non-hydrogen) atoms. The zero-order chi connectivity index (χ0) is 45.0. The van der Waals surface area contributed by atoms with Crippen molar-refractivity contribution in [1.29, 1.82) is 0 Å². The van der Waals surface area contributed by atoms with E-state index in [0.29, 0.717) is 17.5 Å². The minimum Gasteiger partial charge on any atom is -0.307 e. The van der Waals surface area contributed by atoms with Gasteiger partial charge in [-0.1, -0.05) is 194 Å². The Morgan fingerprint density at radius 1 is 0.250 bits per heavy atom. The molecule has 0 aliphatic heterocycles. The van der Waals surface area contributed by atoms with Crippen LogP contribution in [0.1, 0.15) is 0 Å². The molecule has 10 aromatic carbocycles. The molecule has 0 saturated carbocycles. The average Bonchev–Trinajstić information content (AvgIpc) is 3.95. The minimum atomic E-state index is 0.582. The highest BCUT2D eigenvalue weighted by atomic mass is 15.1. The van der Waals surface area contributed by atoms with Crippen molar-refractivity contribution in [3.05, 3.63) is 249 Å². The zero-order valence-corrected chi connectivity index (χ0v) is 36.9. The van der Waals surface area contributed by atoms with Crippen LogP contribution < -0.4 is 0 Å². The molecule has 0 aliphatic rings. The summed E-state index contributed by atoms with van der Waals surface area (Å²) < 4.78 is 4.88. The number of para-hydroxylation sites is 3. The molecule has 0 fully saturated rings. The van der Waals surface area contributed by atoms with Crippen molar-refractivity contribution in [2.75, 3.05) is 0 Å². The Kier molecular flexibility index (Phi) is 9.43. The van der Waals surface area contributed by atoms with Crippen LogP contribution in [0.15, 0.2) is 249 Å². The Balaban J connectivity index is 1.16. The van der Waals surface area contributed by atoms with E-state index in [9.17, 15) is 0 Å². The molecule has 0 unspecified atom stereocenters. The number of fused-ring (bicyclic) bond motifs is 7. The second-order valence-corrected chi connectivity index (χ2v) is 17.2. The molecule has 0 radical (unpaired) electrons. The molecule has 0 bridgehead atoms. The summed E-state index contributed by atoms with van der Waals surface area (Å²) >= 11 is 0. The lowest BCUT2D eigenvalue weighted by Crippen LogP contribution is -2.05. The molecule has 0 amide bonds. The molecule has 5 nitrogen and oxygen atoms in total. The number of benzene rings is 10. The van der Waals surface area contributed by atoms with E-state index >= 15 is 0 Å². The predicted molar refractivity (Wildman–Crippen MR) is 281 cm³/mol. The van der Waals surface area contributed by atoms with E-state index in [2.05, 4.69) is 221 Å². The molecular formula is C63H41N5. The van der Waals surface area contributed by atoms with Gasteiger partial charge in [0.15, 0.2) is 17.5 Å². The number of hydrogen-bond acceptors (Lipinski definition) is 3. The van der Waals surface area contributed by atoms with Crippen molar-refractivity contribution in [3.8, 4) is 78.9 Å². The first kappa shape index (κ1) is 39.2. The third-order valence-electron chi connectivity index (χ3n) is 13.1. The van der Waals surface area contributed by atoms with Gasteiger partial charge in [-0.2, -0.15) is 0 Å². The van der Waals surface area contributed by atoms with Crippen LogP contribution in [0.5, 0.6) is 0 Å². The highest BCUT2D eigenvalue weighted by Gasteiger charge is 2.24. The predicted octanol–water partition coefficient (Wildman–Crippen LogP) is 16.1. The molecule has 0 spiro atoms. The van der Waals surface area contributed by atoms with Crippen LogP contribution >= 0.6 is 0 Å². The second-order valence-electron chi connectivity index (χ2n) is 17.2. The van der Waals surface area contributed by atoms with Crippen LogP contribution in [0, 0.1) is 0 Å². The maximum absolute atomic E-state index is 5.42. The van der Waals surface area contributed by atoms with Gasteiger partial charge in [0, 0.05) is 43.9 Å². The number of aromatic nitrogens is 5. The van der Waals surface area contributed by atoms with Gasteiger partial charge in [-0.3, -0.25) is 0 Å². The Bertz CT molecular complexity index is 3880. The van der Waals surface area contributed by atoms with Crippen molar-refractivity contribution in [3.63, 3.8) is 0 Å². The summed E-state index contributed by atoms with van der Waals surface area (Å²) in [6, 6.07) is 88.3. The van der Waals surface area contributed by atoms with Gasteiger partial charge in [-0.25, -0.2) is 15.0 Å². The Labute approximate surface area is 393 Å². The van der Waals surface area contributed by atoms with Gasteiger partial charge < -0.3 is 9.13 Å². The van der Waals surface area contributed by atoms with E-state index < -0.39 is 0 Å². The maximum atomic E-state index is 5.42. The quantitative estimate of drug-likeness (QED) is 0.153. The Hall–Kier alpha value is -9.19. The van der Waals surface area contributed by atoms with Crippen molar-refractivity contribution in [2.24, 2.45) is 0 Å². The summed E-state index contributed by atoms with van der Waals surface area (Å²) in [4.78, 5) is 16.0. The van der Waals surface area contributed by atoms with E-state index in [-0.39, 0.29) is 0 Å². The van der Waals surface area contributed by atoms with E-state index in [0.717, 1.165) is 94.3 Å². The van der Waals surface area contributed by atoms with Crippen LogP contribution in [-0.4, -0.2) is 24.1 Å². The lowest BCUT2D eigenvalue weighted by Gasteiger charge is -2.18. The molecule has 0 N–H and O–H groups in total. The SMILES string of the molecule is c1ccc(-c2cc(-c3ccccc3)cc(-c3ccc(-n4c5ccccc5c5ccc6c7ccccc7n(-c7ccccc7)c6c54)c(-c4nc(-c5ccccc5)nc(-c5ccccc5)n4)c3)c2)cc1. The largest absolute Gasteiger partial charge is 0.307 e. The van der Waals surface area contributed by atoms with Gasteiger partial charge in [0.1, 0.15) is 0 Å². The topological polar surface area (TPSA) is 48.5 Å². The van der Waals surface area contributed by atoms with Crippen LogP contribution in [0.4, 0.5) is 0 Å². The highest BCUT2D eigenvalue weighted by Crippen LogP contribution is 2.44. The monoisotopic (exact) mass is 867 g/mol. The van der Waals surface area contributed by atoms with Gasteiger partial charge >= 0.3 is 0 Å². The molecular weight excluding hydrogens is 827 g/mol. The van der Waals surface area contributed by atoms with Crippen molar-refractivity contribution in [2.45, 2.75) is 0 Å². The Morgan fingerprint density at radius 3 is 1.16 bits per heavy atom. The third kappa shape index (κ3) is 6.68. The maximum Gasteiger partial charge on any atom is 0.166 e. The van der Waals surface area contributed by atoms with Crippen molar-refractivity contribution in [1.82, 2.24) is 24.1 Å². The van der Waals surface area contributed by atoms with Crippen molar-refractivity contribution >= 4 is 43.6 Å². The van der Waals surface area contributed by atoms with E-state index in [1.54, 1.807) is 0 Å². The van der Waals surface area contributed by atoms with Gasteiger partial charge in [0.25, 0.3) is 0 Å². The van der Waals surface area contributed by atoms with Gasteiger partial charge in [0.2, 0.25) is 0 Å². The first-order chi connectivity index (χ1) is 33.7. The van der Waals surface area contributed by atoms with Crippen LogP contribution in [0.2, 0.25) is 0 Å². The first-order valence-corrected chi connectivity index (χ1v) is 23.0. The van der Waals surface area contributed by atoms with Crippen LogP contribution in [0.25, 0.3) is 123 Å². The van der Waals surface area contributed by atoms with E-state index in [1.165, 1.54) is 10.8 Å². The summed E-state index contributed by atoms with van der Waals surface area (Å²) in [6.07, 6.45) is 0. The van der Waals surface area contributed by atoms with Gasteiger partial charge in [-0.15, -0.1) is 0 Å². The lowest BCUT2D eigenvalue weighted by molar-refractivity contribution is 1.06. The summed E-state index contributed by atoms with van der Waals surface area (Å²) in [7, 11) is 0. The molecule has 13 rings (SSSR count). The third-order valence-corrected chi connectivity index (χ3v) is 13.1. The molecule has 13 aromatic rings. The summed E-state index contributed by atoms with van der Waals surface area (Å²) in [6.45, 7) is 0. The normalized spacial score (nSPS) is 11.5. The fraction of sp³-hybridized carbons (Fsp3) is 0. The molecule has 318 valence electrons. The summed E-state index contributed by atoms with van der Waals surface area (Å²) in [5, 5.41) is 4.71. The van der Waals surface area contributed by atoms with Crippen molar-refractivity contribution < 1.29 is 0 Å². The van der Waals surface area contributed by atoms with E-state index in [1.807, 2.05) is 36.4 Å². The molecule has 0 atom stereocenters. The summed E-state index contributed by atoms with van der Waals surface area (Å²) in [5.41, 5.74) is 16.0. The zero-order valence-electron chi connectivity index (χ0n) is 36.9. The standard InChI is InChI=1S/C63H41N5/c1-6-20-42(21-7-1)47-38-48(43-22-8-2-9-23-43)40-49(39-47)46-34-37-58(55(41-46)63-65-61(44-24-10-3-11-25-44)64-62(66-63)45-26-12-4-13-27-45)68-57-33-19-17-31-52(57)54-36-35-53-51-30-16-18-32-56(51)67(59(53)60(54)68)50-28-14-5-15-29-50/h1-41H. The van der Waals surface area contributed by atoms with E-state index in [4.69, 9.17) is 15.0 Å². The number of hydrogen-bond donors (Lipinski definition) is 0. The molecule has 5 heteroatoms. The number of rotatable bonds is 8. The van der Waals surface area contributed by atoms with Crippen LogP contribution in [-0.2, 0) is 0 Å². The number of nitrogens with zero attached hydrogens (tertiary/aromatic N) is 5. The smallest absolute Gasteiger partial charge is 0.166 e. The fourth-order valence-corrected chi connectivity index (χ4v) is 10.0. The molecule has 3 aromatic heterocycles. The highest BCUT2D eigenvalue weighted by molar-refractivity contribution is 6.24. The Morgan fingerprint density at radius 2 is 0.647 bits per heavy atom.